The van der Waals surface area contributed by atoms with Crippen LogP contribution < -0.4 is 4.90 Å². The third-order valence-corrected chi connectivity index (χ3v) is 3.89. The van der Waals surface area contributed by atoms with Gasteiger partial charge in [-0.2, -0.15) is 0 Å². The number of anilines is 1. The van der Waals surface area contributed by atoms with E-state index in [9.17, 15) is 14.7 Å². The number of aliphatic hydroxyl groups is 1. The Hall–Kier alpha value is -2.45. The molecule has 0 aliphatic carbocycles. The first kappa shape index (κ1) is 27.5. The molecule has 8 nitrogen and oxygen atoms in total. The molecule has 0 aliphatic heterocycles. The van der Waals surface area contributed by atoms with Crippen LogP contribution >= 0.6 is 0 Å². The molecular formula is C22H35NO7. The van der Waals surface area contributed by atoms with Crippen LogP contribution in [0.25, 0.3) is 0 Å². The predicted octanol–water partition coefficient (Wildman–Crippen LogP) is 2.50. The molecule has 0 aromatic heterocycles. The number of benzene rings is 1. The molecule has 1 amide bonds. The second kappa shape index (κ2) is 14.5. The molecule has 1 aromatic rings. The Bertz CT molecular complexity index is 643. The van der Waals surface area contributed by atoms with Gasteiger partial charge in [-0.25, -0.2) is 4.79 Å². The third kappa shape index (κ3) is 11.5. The SMILES string of the molecule is CCc1cccc(N(C=O)CCCO[C@@H](C)[C@@H](O)C(=O)OC(C)(C)C)c1.COC=O. The summed E-state index contributed by atoms with van der Waals surface area (Å²) >= 11 is 0. The lowest BCUT2D eigenvalue weighted by molar-refractivity contribution is -0.172. The first-order valence-corrected chi connectivity index (χ1v) is 9.89. The Balaban J connectivity index is 0.00000192. The quantitative estimate of drug-likeness (QED) is 0.330. The van der Waals surface area contributed by atoms with E-state index < -0.39 is 23.8 Å². The summed E-state index contributed by atoms with van der Waals surface area (Å²) in [4.78, 5) is 33.7. The van der Waals surface area contributed by atoms with Crippen molar-refractivity contribution < 1.29 is 33.7 Å². The fourth-order valence-electron chi connectivity index (χ4n) is 2.35. The lowest BCUT2D eigenvalue weighted by atomic mass is 10.1. The number of aryl methyl sites for hydroxylation is 1. The van der Waals surface area contributed by atoms with E-state index in [1.807, 2.05) is 24.3 Å². The minimum atomic E-state index is -1.34. The van der Waals surface area contributed by atoms with E-state index in [1.54, 1.807) is 32.6 Å². The summed E-state index contributed by atoms with van der Waals surface area (Å²) in [6, 6.07) is 7.84. The number of carbonyl (C=O) groups excluding carboxylic acids is 3. The fraction of sp³-hybridized carbons (Fsp3) is 0.591. The first-order valence-electron chi connectivity index (χ1n) is 9.89. The number of amides is 1. The zero-order valence-electron chi connectivity index (χ0n) is 18.8. The van der Waals surface area contributed by atoms with Crippen molar-refractivity contribution in [1.29, 1.82) is 0 Å². The van der Waals surface area contributed by atoms with Crippen molar-refractivity contribution in [2.75, 3.05) is 25.2 Å². The Kier molecular flexibility index (Phi) is 13.3. The number of hydrogen-bond donors (Lipinski definition) is 1. The van der Waals surface area contributed by atoms with Gasteiger partial charge in [0.05, 0.1) is 13.2 Å². The van der Waals surface area contributed by atoms with Crippen LogP contribution in [0.5, 0.6) is 0 Å². The first-order chi connectivity index (χ1) is 14.1. The van der Waals surface area contributed by atoms with Gasteiger partial charge in [-0.05, 0) is 58.2 Å². The monoisotopic (exact) mass is 425 g/mol. The Morgan fingerprint density at radius 3 is 2.40 bits per heavy atom. The van der Waals surface area contributed by atoms with Gasteiger partial charge in [0.2, 0.25) is 6.41 Å². The van der Waals surface area contributed by atoms with Crippen molar-refractivity contribution in [3.05, 3.63) is 29.8 Å². The number of hydrogen-bond acceptors (Lipinski definition) is 7. The van der Waals surface area contributed by atoms with Gasteiger partial charge in [-0.1, -0.05) is 19.1 Å². The zero-order valence-corrected chi connectivity index (χ0v) is 18.8. The number of ether oxygens (including phenoxy) is 3. The van der Waals surface area contributed by atoms with E-state index in [0.717, 1.165) is 18.5 Å². The van der Waals surface area contributed by atoms with Crippen LogP contribution in [0.3, 0.4) is 0 Å². The summed E-state index contributed by atoms with van der Waals surface area (Å²) in [7, 11) is 1.31. The standard InChI is InChI=1S/C20H31NO5.C2H4O2/c1-6-16-9-7-10-17(13-16)21(14-22)11-8-12-25-15(2)18(23)19(24)26-20(3,4)5;1-4-2-3/h7,9-10,13-15,18,23H,6,8,11-12H2,1-5H3;2H,1H3/t15-,18+;/m0./s1. The highest BCUT2D eigenvalue weighted by molar-refractivity contribution is 5.75. The number of esters is 1. The van der Waals surface area contributed by atoms with Crippen LogP contribution in [-0.4, -0.2) is 62.0 Å². The number of nitrogens with zero attached hydrogens (tertiary/aromatic N) is 1. The lowest BCUT2D eigenvalue weighted by Gasteiger charge is -2.24. The van der Waals surface area contributed by atoms with Crippen LogP contribution in [0.15, 0.2) is 24.3 Å². The number of rotatable bonds is 11. The molecule has 0 radical (unpaired) electrons. The molecular weight excluding hydrogens is 390 g/mol. The highest BCUT2D eigenvalue weighted by Gasteiger charge is 2.28. The second-order valence-electron chi connectivity index (χ2n) is 7.56. The van der Waals surface area contributed by atoms with E-state index in [4.69, 9.17) is 14.3 Å². The van der Waals surface area contributed by atoms with E-state index in [2.05, 4.69) is 11.7 Å². The number of aliphatic hydroxyl groups excluding tert-OH is 1. The largest absolute Gasteiger partial charge is 0.471 e. The third-order valence-electron chi connectivity index (χ3n) is 3.89. The summed E-state index contributed by atoms with van der Waals surface area (Å²) in [5.41, 5.74) is 1.36. The predicted molar refractivity (Wildman–Crippen MR) is 114 cm³/mol. The summed E-state index contributed by atoms with van der Waals surface area (Å²) in [6.45, 7) is 10.1. The molecule has 0 unspecified atom stereocenters. The molecule has 170 valence electrons. The van der Waals surface area contributed by atoms with E-state index in [1.165, 1.54) is 12.7 Å². The van der Waals surface area contributed by atoms with E-state index in [0.29, 0.717) is 26.0 Å². The van der Waals surface area contributed by atoms with Crippen LogP contribution in [-0.2, 0) is 35.0 Å². The Morgan fingerprint density at radius 2 is 1.90 bits per heavy atom. The topological polar surface area (TPSA) is 102 Å². The van der Waals surface area contributed by atoms with Crippen LogP contribution in [0.1, 0.15) is 46.6 Å². The Labute approximate surface area is 179 Å². The average Bonchev–Trinajstić information content (AvgIpc) is 2.72. The van der Waals surface area contributed by atoms with Crippen molar-refractivity contribution >= 4 is 24.5 Å². The van der Waals surface area contributed by atoms with Gasteiger partial charge in [0.15, 0.2) is 6.10 Å². The van der Waals surface area contributed by atoms with Gasteiger partial charge in [0.25, 0.3) is 6.47 Å². The maximum atomic E-state index is 11.8. The van der Waals surface area contributed by atoms with Gasteiger partial charge in [0.1, 0.15) is 5.60 Å². The molecule has 0 saturated carbocycles. The summed E-state index contributed by atoms with van der Waals surface area (Å²) < 4.78 is 14.5. The zero-order chi connectivity index (χ0) is 23.2. The maximum absolute atomic E-state index is 11.8. The normalized spacial score (nSPS) is 12.6. The fourth-order valence-corrected chi connectivity index (χ4v) is 2.35. The molecule has 0 spiro atoms. The average molecular weight is 426 g/mol. The molecule has 30 heavy (non-hydrogen) atoms. The van der Waals surface area contributed by atoms with E-state index >= 15 is 0 Å². The summed E-state index contributed by atoms with van der Waals surface area (Å²) in [5, 5.41) is 9.97. The molecule has 2 atom stereocenters. The van der Waals surface area contributed by atoms with Crippen LogP contribution in [0.4, 0.5) is 5.69 Å². The maximum Gasteiger partial charge on any atom is 0.338 e. The van der Waals surface area contributed by atoms with E-state index in [-0.39, 0.29) is 0 Å². The molecule has 0 aliphatic rings. The van der Waals surface area contributed by atoms with Gasteiger partial charge in [-0.3, -0.25) is 9.59 Å². The number of methoxy groups -OCH3 is 1. The summed E-state index contributed by atoms with van der Waals surface area (Å²) in [5.74, 6) is -0.698. The summed E-state index contributed by atoms with van der Waals surface area (Å²) in [6.07, 6.45) is 0.272. The molecule has 0 heterocycles. The van der Waals surface area contributed by atoms with Gasteiger partial charge in [0, 0.05) is 18.8 Å². The highest BCUT2D eigenvalue weighted by Crippen LogP contribution is 2.16. The molecule has 1 rings (SSSR count). The van der Waals surface area contributed by atoms with Crippen molar-refractivity contribution in [2.24, 2.45) is 0 Å². The van der Waals surface area contributed by atoms with Crippen molar-refractivity contribution in [1.82, 2.24) is 0 Å². The molecule has 0 saturated heterocycles. The molecule has 0 bridgehead atoms. The molecule has 1 N–H and O–H groups in total. The Morgan fingerprint density at radius 1 is 1.27 bits per heavy atom. The number of carbonyl (C=O) groups is 3. The van der Waals surface area contributed by atoms with Crippen LogP contribution in [0.2, 0.25) is 0 Å². The van der Waals surface area contributed by atoms with Crippen LogP contribution in [0, 0.1) is 0 Å². The van der Waals surface area contributed by atoms with Gasteiger partial charge < -0.3 is 24.2 Å². The van der Waals surface area contributed by atoms with Gasteiger partial charge in [-0.15, -0.1) is 0 Å². The van der Waals surface area contributed by atoms with Crippen molar-refractivity contribution in [3.63, 3.8) is 0 Å². The van der Waals surface area contributed by atoms with Crippen molar-refractivity contribution in [3.8, 4) is 0 Å². The molecule has 0 fully saturated rings. The lowest BCUT2D eigenvalue weighted by Crippen LogP contribution is -2.39. The smallest absolute Gasteiger partial charge is 0.338 e. The second-order valence-corrected chi connectivity index (χ2v) is 7.56. The molecule has 8 heteroatoms. The molecule has 1 aromatic carbocycles. The highest BCUT2D eigenvalue weighted by atomic mass is 16.6. The van der Waals surface area contributed by atoms with Crippen molar-refractivity contribution in [2.45, 2.75) is 65.3 Å². The minimum Gasteiger partial charge on any atom is -0.471 e. The van der Waals surface area contributed by atoms with Gasteiger partial charge >= 0.3 is 5.97 Å². The minimum absolute atomic E-state index is 0.318.